The molecule has 0 aliphatic carbocycles. The van der Waals surface area contributed by atoms with E-state index in [1.165, 1.54) is 41.3 Å². The molecule has 0 atom stereocenters. The number of benzene rings is 3. The van der Waals surface area contributed by atoms with Gasteiger partial charge in [0.05, 0.1) is 17.0 Å². The Hall–Kier alpha value is -4.03. The van der Waals surface area contributed by atoms with Gasteiger partial charge in [-0.05, 0) is 55.5 Å². The van der Waals surface area contributed by atoms with Gasteiger partial charge in [0.2, 0.25) is 0 Å². The van der Waals surface area contributed by atoms with Crippen LogP contribution in [0.25, 0.3) is 0 Å². The van der Waals surface area contributed by atoms with Crippen molar-refractivity contribution in [1.29, 1.82) is 0 Å². The maximum absolute atomic E-state index is 12.4. The first-order valence-corrected chi connectivity index (χ1v) is 12.6. The Balaban J connectivity index is 1.53. The van der Waals surface area contributed by atoms with E-state index in [2.05, 4.69) is 22.9 Å². The molecule has 0 aliphatic heterocycles. The predicted molar refractivity (Wildman–Crippen MR) is 139 cm³/mol. The van der Waals surface area contributed by atoms with Gasteiger partial charge in [-0.25, -0.2) is 27.5 Å². The number of hydrogen-bond acceptors (Lipinski definition) is 7. The molecule has 36 heavy (non-hydrogen) atoms. The van der Waals surface area contributed by atoms with Crippen LogP contribution in [0, 0.1) is 6.92 Å². The molecule has 0 fully saturated rings. The molecule has 0 saturated heterocycles. The molecule has 0 heterocycles. The molecule has 0 bridgehead atoms. The molecule has 0 unspecified atom stereocenters. The lowest BCUT2D eigenvalue weighted by molar-refractivity contribution is 0.0516. The third-order valence-corrected chi connectivity index (χ3v) is 6.43. The lowest BCUT2D eigenvalue weighted by Crippen LogP contribution is -2.38. The first-order chi connectivity index (χ1) is 17.2. The number of sulfonamides is 1. The summed E-state index contributed by atoms with van der Waals surface area (Å²) in [7, 11) is -4.04. The molecule has 3 aromatic carbocycles. The standard InChI is InChI=1S/C24H24N4O6S2/c1-17-7-13-21(14-8-17)36(32,33)27-23(30)25-19-11-9-18(10-12-19)22(29)34-16-15-28(24(31)26-35)20-5-3-2-4-6-20/h2-14,35H,15-16H2,1H3,(H,26,31)(H2,25,27,30). The molecule has 0 saturated carbocycles. The lowest BCUT2D eigenvalue weighted by Gasteiger charge is -2.21. The van der Waals surface area contributed by atoms with Crippen molar-refractivity contribution in [3.63, 3.8) is 0 Å². The molecular formula is C24H24N4O6S2. The van der Waals surface area contributed by atoms with E-state index in [0.29, 0.717) is 5.69 Å². The number of urea groups is 2. The number of anilines is 2. The highest BCUT2D eigenvalue weighted by atomic mass is 32.2. The second-order valence-electron chi connectivity index (χ2n) is 7.49. The Kier molecular flexibility index (Phi) is 8.92. The number of thiol groups is 1. The molecule has 0 aliphatic rings. The fourth-order valence-electron chi connectivity index (χ4n) is 3.07. The normalized spacial score (nSPS) is 10.7. The zero-order valence-electron chi connectivity index (χ0n) is 19.2. The highest BCUT2D eigenvalue weighted by Gasteiger charge is 2.18. The van der Waals surface area contributed by atoms with Gasteiger partial charge < -0.3 is 10.1 Å². The minimum Gasteiger partial charge on any atom is -0.460 e. The van der Waals surface area contributed by atoms with E-state index in [9.17, 15) is 22.8 Å². The van der Waals surface area contributed by atoms with Gasteiger partial charge in [-0.1, -0.05) is 48.7 Å². The molecular weight excluding hydrogens is 504 g/mol. The summed E-state index contributed by atoms with van der Waals surface area (Å²) in [6.45, 7) is 1.84. The number of hydrogen-bond donors (Lipinski definition) is 4. The van der Waals surface area contributed by atoms with E-state index < -0.39 is 28.1 Å². The van der Waals surface area contributed by atoms with E-state index in [1.807, 2.05) is 17.7 Å². The average molecular weight is 529 g/mol. The maximum Gasteiger partial charge on any atom is 0.338 e. The van der Waals surface area contributed by atoms with Crippen LogP contribution in [-0.2, 0) is 14.8 Å². The molecule has 3 aromatic rings. The van der Waals surface area contributed by atoms with Crippen LogP contribution in [0.2, 0.25) is 0 Å². The van der Waals surface area contributed by atoms with Crippen LogP contribution in [0.5, 0.6) is 0 Å². The summed E-state index contributed by atoms with van der Waals surface area (Å²) >= 11 is 3.79. The lowest BCUT2D eigenvalue weighted by atomic mass is 10.2. The van der Waals surface area contributed by atoms with Gasteiger partial charge in [0.25, 0.3) is 10.0 Å². The molecule has 188 valence electrons. The largest absolute Gasteiger partial charge is 0.460 e. The molecule has 3 N–H and O–H groups in total. The van der Waals surface area contributed by atoms with Crippen LogP contribution in [-0.4, -0.2) is 39.6 Å². The van der Waals surface area contributed by atoms with E-state index in [-0.39, 0.29) is 29.3 Å². The predicted octanol–water partition coefficient (Wildman–Crippen LogP) is 3.72. The smallest absolute Gasteiger partial charge is 0.338 e. The Morgan fingerprint density at radius 2 is 1.56 bits per heavy atom. The number of carbonyl (C=O) groups excluding carboxylic acids is 3. The number of nitrogens with one attached hydrogen (secondary N) is 3. The van der Waals surface area contributed by atoms with Crippen molar-refractivity contribution in [2.45, 2.75) is 11.8 Å². The highest BCUT2D eigenvalue weighted by molar-refractivity contribution is 7.90. The minimum atomic E-state index is -4.04. The fraction of sp³-hybridized carbons (Fsp3) is 0.125. The van der Waals surface area contributed by atoms with Crippen LogP contribution in [0.15, 0.2) is 83.8 Å². The van der Waals surface area contributed by atoms with E-state index in [4.69, 9.17) is 4.74 Å². The minimum absolute atomic E-state index is 0.0426. The maximum atomic E-state index is 12.4. The molecule has 10 nitrogen and oxygen atoms in total. The number of rotatable bonds is 8. The molecule has 0 spiro atoms. The van der Waals surface area contributed by atoms with Crippen LogP contribution in [0.4, 0.5) is 21.0 Å². The summed E-state index contributed by atoms with van der Waals surface area (Å²) in [6.07, 6.45) is 0. The molecule has 12 heteroatoms. The SMILES string of the molecule is Cc1ccc(S(=O)(=O)NC(=O)Nc2ccc(C(=O)OCCN(C(=O)NS)c3ccccc3)cc2)cc1. The summed E-state index contributed by atoms with van der Waals surface area (Å²) < 4.78 is 34.1. The topological polar surface area (TPSA) is 134 Å². The van der Waals surface area contributed by atoms with Crippen LogP contribution in [0.3, 0.4) is 0 Å². The van der Waals surface area contributed by atoms with Crippen molar-refractivity contribution < 1.29 is 27.5 Å². The van der Waals surface area contributed by atoms with Crippen LogP contribution < -0.4 is 19.7 Å². The Bertz CT molecular complexity index is 1310. The van der Waals surface area contributed by atoms with Gasteiger partial charge in [-0.3, -0.25) is 9.62 Å². The summed E-state index contributed by atoms with van der Waals surface area (Å²) in [5.41, 5.74) is 1.97. The van der Waals surface area contributed by atoms with Gasteiger partial charge in [0, 0.05) is 11.4 Å². The van der Waals surface area contributed by atoms with E-state index in [1.54, 1.807) is 36.4 Å². The first kappa shape index (κ1) is 26.6. The van der Waals surface area contributed by atoms with Crippen molar-refractivity contribution >= 4 is 52.2 Å². The number of carbonyl (C=O) groups is 3. The van der Waals surface area contributed by atoms with Gasteiger partial charge in [-0.2, -0.15) is 0 Å². The van der Waals surface area contributed by atoms with Gasteiger partial charge in [0.15, 0.2) is 0 Å². The Labute approximate surface area is 214 Å². The zero-order chi connectivity index (χ0) is 26.1. The van der Waals surface area contributed by atoms with Crippen LogP contribution >= 0.6 is 12.8 Å². The third kappa shape index (κ3) is 7.23. The van der Waals surface area contributed by atoms with Crippen LogP contribution in [0.1, 0.15) is 15.9 Å². The number of nitrogens with zero attached hydrogens (tertiary/aromatic N) is 1. The van der Waals surface area contributed by atoms with Gasteiger partial charge >= 0.3 is 18.0 Å². The van der Waals surface area contributed by atoms with Gasteiger partial charge in [-0.15, -0.1) is 0 Å². The highest BCUT2D eigenvalue weighted by Crippen LogP contribution is 2.15. The molecule has 0 radical (unpaired) electrons. The number of ether oxygens (including phenoxy) is 1. The second kappa shape index (κ2) is 12.1. The van der Waals surface area contributed by atoms with E-state index in [0.717, 1.165) is 5.56 Å². The summed E-state index contributed by atoms with van der Waals surface area (Å²) in [5.74, 6) is -0.632. The molecule has 3 rings (SSSR count). The summed E-state index contributed by atoms with van der Waals surface area (Å²) in [4.78, 5) is 37.9. The van der Waals surface area contributed by atoms with E-state index >= 15 is 0 Å². The Morgan fingerprint density at radius 1 is 0.917 bits per heavy atom. The molecule has 0 aromatic heterocycles. The van der Waals surface area contributed by atoms with Crippen molar-refractivity contribution in [1.82, 2.24) is 9.44 Å². The summed E-state index contributed by atoms with van der Waals surface area (Å²) in [6, 6.07) is 19.1. The van der Waals surface area contributed by atoms with Crippen molar-refractivity contribution in [3.05, 3.63) is 90.0 Å². The zero-order valence-corrected chi connectivity index (χ0v) is 20.9. The Morgan fingerprint density at radius 3 is 2.17 bits per heavy atom. The third-order valence-electron chi connectivity index (χ3n) is 4.89. The second-order valence-corrected chi connectivity index (χ2v) is 9.40. The number of aryl methyl sites for hydroxylation is 1. The van der Waals surface area contributed by atoms with Gasteiger partial charge in [0.1, 0.15) is 6.61 Å². The van der Waals surface area contributed by atoms with Crippen molar-refractivity contribution in [3.8, 4) is 0 Å². The first-order valence-electron chi connectivity index (χ1n) is 10.6. The number of para-hydroxylation sites is 1. The van der Waals surface area contributed by atoms with Crippen molar-refractivity contribution in [2.75, 3.05) is 23.4 Å². The quantitative estimate of drug-likeness (QED) is 0.260. The van der Waals surface area contributed by atoms with Crippen molar-refractivity contribution in [2.24, 2.45) is 0 Å². The number of esters is 1. The fourth-order valence-corrected chi connectivity index (χ4v) is 4.10. The average Bonchev–Trinajstić information content (AvgIpc) is 2.87. The monoisotopic (exact) mass is 528 g/mol. The molecule has 4 amide bonds. The number of amides is 4. The summed E-state index contributed by atoms with van der Waals surface area (Å²) in [5, 5.41) is 2.40.